The van der Waals surface area contributed by atoms with Crippen molar-refractivity contribution >= 4 is 23.7 Å². The number of alkyl carbamates (subject to hydrolysis) is 1. The normalized spacial score (nSPS) is 12.2. The summed E-state index contributed by atoms with van der Waals surface area (Å²) in [4.78, 5) is 23.1. The van der Waals surface area contributed by atoms with Crippen LogP contribution in [0, 0.1) is 0 Å². The number of amides is 1. The number of carboxylic acid groups (broad SMARTS) is 1. The first-order valence-corrected chi connectivity index (χ1v) is 7.58. The highest BCUT2D eigenvalue weighted by molar-refractivity contribution is 6.33. The van der Waals surface area contributed by atoms with Crippen molar-refractivity contribution < 1.29 is 28.9 Å². The number of halogens is 1. The van der Waals surface area contributed by atoms with Crippen molar-refractivity contribution in [2.45, 2.75) is 38.8 Å². The lowest BCUT2D eigenvalue weighted by Crippen LogP contribution is -2.36. The molecule has 0 heterocycles. The molecule has 1 aromatic carbocycles. The highest BCUT2D eigenvalue weighted by Gasteiger charge is 2.26. The van der Waals surface area contributed by atoms with E-state index in [9.17, 15) is 9.59 Å². The molecule has 0 bridgehead atoms. The molecule has 1 aromatic rings. The van der Waals surface area contributed by atoms with Crippen molar-refractivity contribution in [3.05, 3.63) is 22.7 Å². The molecule has 24 heavy (non-hydrogen) atoms. The predicted molar refractivity (Wildman–Crippen MR) is 88.9 cm³/mol. The van der Waals surface area contributed by atoms with Crippen LogP contribution in [0.5, 0.6) is 11.5 Å². The molecule has 0 spiro atoms. The maximum absolute atomic E-state index is 12.0. The number of methoxy groups -OCH3 is 2. The van der Waals surface area contributed by atoms with Crippen LogP contribution in [0.15, 0.2) is 12.1 Å². The quantitative estimate of drug-likeness (QED) is 0.808. The number of nitrogens with one attached hydrogen (secondary N) is 1. The van der Waals surface area contributed by atoms with Gasteiger partial charge in [0.1, 0.15) is 5.60 Å². The number of hydrogen-bond acceptors (Lipinski definition) is 5. The Morgan fingerprint density at radius 3 is 2.33 bits per heavy atom. The summed E-state index contributed by atoms with van der Waals surface area (Å²) in [5.41, 5.74) is -0.318. The van der Waals surface area contributed by atoms with Crippen LogP contribution in [-0.4, -0.2) is 37.0 Å². The van der Waals surface area contributed by atoms with Gasteiger partial charge >= 0.3 is 12.1 Å². The second-order valence-electron chi connectivity index (χ2n) is 6.00. The van der Waals surface area contributed by atoms with E-state index in [4.69, 9.17) is 30.9 Å². The molecule has 1 rings (SSSR count). The number of ether oxygens (including phenoxy) is 3. The number of rotatable bonds is 6. The monoisotopic (exact) mass is 359 g/mol. The molecule has 0 saturated carbocycles. The molecule has 0 aromatic heterocycles. The molecule has 8 heteroatoms. The Morgan fingerprint density at radius 1 is 1.25 bits per heavy atom. The minimum atomic E-state index is -1.10. The van der Waals surface area contributed by atoms with Gasteiger partial charge in [-0.25, -0.2) is 4.79 Å². The van der Waals surface area contributed by atoms with E-state index in [2.05, 4.69) is 5.32 Å². The number of carboxylic acids is 1. The third-order valence-corrected chi connectivity index (χ3v) is 3.35. The minimum Gasteiger partial charge on any atom is -0.493 e. The molecule has 1 atom stereocenters. The number of benzene rings is 1. The smallest absolute Gasteiger partial charge is 0.408 e. The van der Waals surface area contributed by atoms with E-state index < -0.39 is 23.7 Å². The van der Waals surface area contributed by atoms with Crippen LogP contribution in [0.1, 0.15) is 38.8 Å². The first-order valence-electron chi connectivity index (χ1n) is 7.20. The Balaban J connectivity index is 3.17. The average molecular weight is 360 g/mol. The van der Waals surface area contributed by atoms with Gasteiger partial charge in [0.25, 0.3) is 0 Å². The van der Waals surface area contributed by atoms with Crippen LogP contribution >= 0.6 is 11.6 Å². The Kier molecular flexibility index (Phi) is 6.71. The summed E-state index contributed by atoms with van der Waals surface area (Å²) in [5, 5.41) is 11.8. The van der Waals surface area contributed by atoms with Gasteiger partial charge in [-0.2, -0.15) is 0 Å². The van der Waals surface area contributed by atoms with Gasteiger partial charge in [-0.15, -0.1) is 0 Å². The van der Waals surface area contributed by atoms with Crippen molar-refractivity contribution in [1.29, 1.82) is 0 Å². The molecule has 0 saturated heterocycles. The summed E-state index contributed by atoms with van der Waals surface area (Å²) in [5.74, 6) is -0.433. The maximum atomic E-state index is 12.0. The molecule has 7 nitrogen and oxygen atoms in total. The Bertz CT molecular complexity index is 611. The lowest BCUT2D eigenvalue weighted by Gasteiger charge is -2.24. The van der Waals surface area contributed by atoms with Crippen LogP contribution in [-0.2, 0) is 9.53 Å². The fourth-order valence-corrected chi connectivity index (χ4v) is 2.40. The average Bonchev–Trinajstić information content (AvgIpc) is 2.43. The number of hydrogen-bond donors (Lipinski definition) is 2. The highest BCUT2D eigenvalue weighted by Crippen LogP contribution is 2.40. The highest BCUT2D eigenvalue weighted by atomic mass is 35.5. The topological polar surface area (TPSA) is 94.1 Å². The van der Waals surface area contributed by atoms with E-state index >= 15 is 0 Å². The van der Waals surface area contributed by atoms with Gasteiger partial charge in [0.15, 0.2) is 11.5 Å². The van der Waals surface area contributed by atoms with E-state index in [0.29, 0.717) is 11.3 Å². The summed E-state index contributed by atoms with van der Waals surface area (Å²) >= 11 is 6.30. The van der Waals surface area contributed by atoms with Gasteiger partial charge in [0.2, 0.25) is 0 Å². The molecule has 0 aliphatic carbocycles. The Labute approximate surface area is 145 Å². The molecule has 0 fully saturated rings. The molecule has 0 aliphatic rings. The van der Waals surface area contributed by atoms with Crippen molar-refractivity contribution in [3.63, 3.8) is 0 Å². The molecular formula is C16H22ClNO6. The van der Waals surface area contributed by atoms with Crippen LogP contribution in [0.2, 0.25) is 5.02 Å². The fraction of sp³-hybridized carbons (Fsp3) is 0.500. The van der Waals surface area contributed by atoms with Gasteiger partial charge < -0.3 is 24.6 Å². The van der Waals surface area contributed by atoms with E-state index in [1.165, 1.54) is 14.2 Å². The van der Waals surface area contributed by atoms with E-state index in [1.54, 1.807) is 32.9 Å². The van der Waals surface area contributed by atoms with Gasteiger partial charge in [-0.05, 0) is 32.4 Å². The molecule has 0 radical (unpaired) electrons. The SMILES string of the molecule is COc1ccc([C@@H](CC(=O)O)NC(=O)OC(C)(C)C)c(Cl)c1OC. The second kappa shape index (κ2) is 8.10. The van der Waals surface area contributed by atoms with Crippen molar-refractivity contribution in [1.82, 2.24) is 5.32 Å². The first kappa shape index (κ1) is 19.9. The summed E-state index contributed by atoms with van der Waals surface area (Å²) in [6, 6.07) is 2.28. The summed E-state index contributed by atoms with van der Waals surface area (Å²) in [6.07, 6.45) is -1.10. The lowest BCUT2D eigenvalue weighted by atomic mass is 10.0. The maximum Gasteiger partial charge on any atom is 0.408 e. The van der Waals surface area contributed by atoms with E-state index in [0.717, 1.165) is 0 Å². The van der Waals surface area contributed by atoms with Gasteiger partial charge in [0, 0.05) is 0 Å². The molecule has 0 unspecified atom stereocenters. The molecule has 134 valence electrons. The third kappa shape index (κ3) is 5.49. The molecule has 1 amide bonds. The predicted octanol–water partition coefficient (Wildman–Crippen LogP) is 3.40. The van der Waals surface area contributed by atoms with Crippen molar-refractivity contribution in [3.8, 4) is 11.5 Å². The first-order chi connectivity index (χ1) is 11.1. The fourth-order valence-electron chi connectivity index (χ4n) is 2.04. The van der Waals surface area contributed by atoms with Gasteiger partial charge in [-0.1, -0.05) is 17.7 Å². The second-order valence-corrected chi connectivity index (χ2v) is 6.38. The van der Waals surface area contributed by atoms with Crippen LogP contribution in [0.3, 0.4) is 0 Å². The summed E-state index contributed by atoms with van der Waals surface area (Å²) < 4.78 is 15.5. The van der Waals surface area contributed by atoms with Gasteiger partial charge in [-0.3, -0.25) is 4.79 Å². The van der Waals surface area contributed by atoms with Crippen LogP contribution in [0.25, 0.3) is 0 Å². The van der Waals surface area contributed by atoms with Crippen LogP contribution < -0.4 is 14.8 Å². The zero-order valence-corrected chi connectivity index (χ0v) is 15.1. The lowest BCUT2D eigenvalue weighted by molar-refractivity contribution is -0.137. The third-order valence-electron chi connectivity index (χ3n) is 2.96. The van der Waals surface area contributed by atoms with Gasteiger partial charge in [0.05, 0.1) is 31.7 Å². The minimum absolute atomic E-state index is 0.166. The molecular weight excluding hydrogens is 338 g/mol. The molecule has 0 aliphatic heterocycles. The van der Waals surface area contributed by atoms with Crippen LogP contribution in [0.4, 0.5) is 4.79 Å². The number of aliphatic carboxylic acids is 1. The van der Waals surface area contributed by atoms with Crippen molar-refractivity contribution in [2.75, 3.05) is 14.2 Å². The zero-order valence-electron chi connectivity index (χ0n) is 14.3. The Morgan fingerprint density at radius 2 is 1.88 bits per heavy atom. The zero-order chi connectivity index (χ0) is 18.5. The number of carbonyl (C=O) groups excluding carboxylic acids is 1. The Hall–Kier alpha value is -2.15. The largest absolute Gasteiger partial charge is 0.493 e. The summed E-state index contributed by atoms with van der Waals surface area (Å²) in [6.45, 7) is 5.13. The molecule has 2 N–H and O–H groups in total. The summed E-state index contributed by atoms with van der Waals surface area (Å²) in [7, 11) is 2.88. The van der Waals surface area contributed by atoms with E-state index in [1.807, 2.05) is 0 Å². The standard InChI is InChI=1S/C16H22ClNO6/c1-16(2,3)24-15(21)18-10(8-12(19)20)9-6-7-11(22-4)14(23-5)13(9)17/h6-7,10H,8H2,1-5H3,(H,18,21)(H,19,20)/t10-/m1/s1. The van der Waals surface area contributed by atoms with Crippen molar-refractivity contribution in [2.24, 2.45) is 0 Å². The van der Waals surface area contributed by atoms with E-state index in [-0.39, 0.29) is 17.2 Å². The number of carbonyl (C=O) groups is 2.